The molecular weight excluding hydrogens is 260 g/mol. The molecule has 0 saturated heterocycles. The van der Waals surface area contributed by atoms with Gasteiger partial charge in [-0.2, -0.15) is 4.31 Å². The highest BCUT2D eigenvalue weighted by Crippen LogP contribution is 2.38. The zero-order valence-electron chi connectivity index (χ0n) is 11.2. The molecule has 0 atom stereocenters. The van der Waals surface area contributed by atoms with E-state index in [9.17, 15) is 8.42 Å². The van der Waals surface area contributed by atoms with Crippen LogP contribution in [0.15, 0.2) is 23.1 Å². The van der Waals surface area contributed by atoms with Crippen LogP contribution < -0.4 is 5.73 Å². The van der Waals surface area contributed by atoms with Crippen LogP contribution in [-0.4, -0.2) is 25.3 Å². The van der Waals surface area contributed by atoms with Crippen molar-refractivity contribution in [2.45, 2.75) is 43.5 Å². The van der Waals surface area contributed by atoms with E-state index in [1.54, 1.807) is 22.5 Å². The molecule has 0 heterocycles. The van der Waals surface area contributed by atoms with E-state index in [0.29, 0.717) is 23.0 Å². The number of nitrogens with two attached hydrogens (primary N) is 1. The highest BCUT2D eigenvalue weighted by Gasteiger charge is 2.41. The van der Waals surface area contributed by atoms with Crippen molar-refractivity contribution in [3.63, 3.8) is 0 Å². The average molecular weight is 280 g/mol. The van der Waals surface area contributed by atoms with Gasteiger partial charge in [0.1, 0.15) is 0 Å². The van der Waals surface area contributed by atoms with Crippen molar-refractivity contribution in [3.8, 4) is 0 Å². The van der Waals surface area contributed by atoms with Crippen LogP contribution >= 0.6 is 0 Å². The van der Waals surface area contributed by atoms with Gasteiger partial charge < -0.3 is 5.73 Å². The number of sulfonamides is 1. The number of nitrogens with zero attached hydrogens (tertiary/aromatic N) is 1. The molecule has 2 aliphatic carbocycles. The molecule has 1 aromatic rings. The van der Waals surface area contributed by atoms with Gasteiger partial charge in [-0.1, -0.05) is 6.07 Å². The molecule has 104 valence electrons. The summed E-state index contributed by atoms with van der Waals surface area (Å²) in [5, 5.41) is 0. The maximum Gasteiger partial charge on any atom is 0.243 e. The molecule has 19 heavy (non-hydrogen) atoms. The fourth-order valence-electron chi connectivity index (χ4n) is 2.28. The van der Waals surface area contributed by atoms with Gasteiger partial charge in [-0.25, -0.2) is 8.42 Å². The van der Waals surface area contributed by atoms with Gasteiger partial charge in [-0.05, 0) is 56.2 Å². The standard InChI is InChI=1S/C14H20N2O2S/c1-10-2-7-13(8-14(10)15)19(17,18)16(12-5-6-12)9-11-3-4-11/h2,7-8,11-12H,3-6,9,15H2,1H3. The molecule has 0 aromatic heterocycles. The molecule has 0 unspecified atom stereocenters. The number of aryl methyl sites for hydroxylation is 1. The first kappa shape index (κ1) is 12.9. The molecule has 0 aliphatic heterocycles. The molecule has 1 aromatic carbocycles. The molecule has 4 nitrogen and oxygen atoms in total. The maximum absolute atomic E-state index is 12.7. The second kappa shape index (κ2) is 4.49. The lowest BCUT2D eigenvalue weighted by atomic mass is 10.2. The Hall–Kier alpha value is -1.07. The highest BCUT2D eigenvalue weighted by atomic mass is 32.2. The van der Waals surface area contributed by atoms with Crippen LogP contribution in [0.4, 0.5) is 5.69 Å². The lowest BCUT2D eigenvalue weighted by Gasteiger charge is -2.22. The molecule has 0 spiro atoms. The molecule has 3 rings (SSSR count). The van der Waals surface area contributed by atoms with Crippen molar-refractivity contribution in [2.24, 2.45) is 5.92 Å². The molecular formula is C14H20N2O2S. The summed E-state index contributed by atoms with van der Waals surface area (Å²) in [6.45, 7) is 2.56. The monoisotopic (exact) mass is 280 g/mol. The summed E-state index contributed by atoms with van der Waals surface area (Å²) in [5.74, 6) is 0.568. The van der Waals surface area contributed by atoms with E-state index in [4.69, 9.17) is 5.73 Å². The summed E-state index contributed by atoms with van der Waals surface area (Å²) in [6.07, 6.45) is 4.31. The third-order valence-corrected chi connectivity index (χ3v) is 5.86. The Balaban J connectivity index is 1.92. The maximum atomic E-state index is 12.7. The Bertz CT molecular complexity index is 589. The van der Waals surface area contributed by atoms with Crippen LogP contribution in [0.2, 0.25) is 0 Å². The summed E-state index contributed by atoms with van der Waals surface area (Å²) in [7, 11) is -3.38. The second-order valence-corrected chi connectivity index (χ2v) is 7.66. The van der Waals surface area contributed by atoms with E-state index >= 15 is 0 Å². The van der Waals surface area contributed by atoms with Crippen molar-refractivity contribution in [2.75, 3.05) is 12.3 Å². The third kappa shape index (κ3) is 2.62. The van der Waals surface area contributed by atoms with Crippen LogP contribution in [0.3, 0.4) is 0 Å². The summed E-state index contributed by atoms with van der Waals surface area (Å²) >= 11 is 0. The summed E-state index contributed by atoms with van der Waals surface area (Å²) in [5.41, 5.74) is 7.30. The Morgan fingerprint density at radius 3 is 2.47 bits per heavy atom. The van der Waals surface area contributed by atoms with Crippen LogP contribution in [0.5, 0.6) is 0 Å². The first-order valence-corrected chi connectivity index (χ1v) is 8.30. The van der Waals surface area contributed by atoms with Gasteiger partial charge in [0, 0.05) is 18.3 Å². The van der Waals surface area contributed by atoms with Gasteiger partial charge in [-0.15, -0.1) is 0 Å². The van der Waals surface area contributed by atoms with Crippen LogP contribution in [0.1, 0.15) is 31.2 Å². The van der Waals surface area contributed by atoms with E-state index in [1.807, 2.05) is 6.92 Å². The Labute approximate surface area is 114 Å². The molecule has 2 fully saturated rings. The van der Waals surface area contributed by atoms with Gasteiger partial charge in [0.25, 0.3) is 0 Å². The second-order valence-electron chi connectivity index (χ2n) is 5.77. The van der Waals surface area contributed by atoms with Crippen LogP contribution in [0, 0.1) is 12.8 Å². The van der Waals surface area contributed by atoms with E-state index in [1.165, 1.54) is 0 Å². The number of nitrogen functional groups attached to an aromatic ring is 1. The number of hydrogen-bond donors (Lipinski definition) is 1. The Morgan fingerprint density at radius 1 is 1.26 bits per heavy atom. The van der Waals surface area contributed by atoms with E-state index in [-0.39, 0.29) is 6.04 Å². The number of benzene rings is 1. The van der Waals surface area contributed by atoms with Crippen molar-refractivity contribution >= 4 is 15.7 Å². The fraction of sp³-hybridized carbons (Fsp3) is 0.571. The van der Waals surface area contributed by atoms with E-state index in [0.717, 1.165) is 31.2 Å². The zero-order chi connectivity index (χ0) is 13.6. The van der Waals surface area contributed by atoms with E-state index in [2.05, 4.69) is 0 Å². The smallest absolute Gasteiger partial charge is 0.243 e. The van der Waals surface area contributed by atoms with Crippen molar-refractivity contribution in [3.05, 3.63) is 23.8 Å². The highest BCUT2D eigenvalue weighted by molar-refractivity contribution is 7.89. The number of rotatable bonds is 5. The topological polar surface area (TPSA) is 63.4 Å². The van der Waals surface area contributed by atoms with Crippen LogP contribution in [0.25, 0.3) is 0 Å². The molecule has 5 heteroatoms. The van der Waals surface area contributed by atoms with Crippen molar-refractivity contribution in [1.82, 2.24) is 4.31 Å². The molecule has 0 bridgehead atoms. The van der Waals surface area contributed by atoms with Gasteiger partial charge in [0.2, 0.25) is 10.0 Å². The van der Waals surface area contributed by atoms with Gasteiger partial charge in [-0.3, -0.25) is 0 Å². The SMILES string of the molecule is Cc1ccc(S(=O)(=O)N(CC2CC2)C2CC2)cc1N. The lowest BCUT2D eigenvalue weighted by molar-refractivity contribution is 0.389. The fourth-order valence-corrected chi connectivity index (χ4v) is 4.07. The number of anilines is 1. The minimum atomic E-state index is -3.38. The predicted octanol–water partition coefficient (Wildman–Crippen LogP) is 2.14. The minimum absolute atomic E-state index is 0.216. The van der Waals surface area contributed by atoms with Gasteiger partial charge >= 0.3 is 0 Å². The normalized spacial score (nSPS) is 19.9. The minimum Gasteiger partial charge on any atom is -0.398 e. The molecule has 0 amide bonds. The summed E-state index contributed by atoms with van der Waals surface area (Å²) in [6, 6.07) is 5.26. The number of hydrogen-bond acceptors (Lipinski definition) is 3. The Kier molecular flexibility index (Phi) is 3.06. The van der Waals surface area contributed by atoms with Crippen LogP contribution in [-0.2, 0) is 10.0 Å². The summed E-state index contributed by atoms with van der Waals surface area (Å²) < 4.78 is 27.1. The zero-order valence-corrected chi connectivity index (χ0v) is 12.0. The third-order valence-electron chi connectivity index (χ3n) is 3.95. The largest absolute Gasteiger partial charge is 0.398 e. The van der Waals surface area contributed by atoms with Gasteiger partial charge in [0.05, 0.1) is 4.90 Å². The first-order valence-electron chi connectivity index (χ1n) is 6.86. The summed E-state index contributed by atoms with van der Waals surface area (Å²) in [4.78, 5) is 0.336. The first-order chi connectivity index (χ1) is 8.98. The molecule has 2 aliphatic rings. The van der Waals surface area contributed by atoms with Crippen molar-refractivity contribution < 1.29 is 8.42 Å². The molecule has 2 saturated carbocycles. The average Bonchev–Trinajstić information content (AvgIpc) is 3.23. The molecule has 0 radical (unpaired) electrons. The lowest BCUT2D eigenvalue weighted by Crippen LogP contribution is -2.35. The Morgan fingerprint density at radius 2 is 1.95 bits per heavy atom. The van der Waals surface area contributed by atoms with Crippen molar-refractivity contribution in [1.29, 1.82) is 0 Å². The van der Waals surface area contributed by atoms with Gasteiger partial charge in [0.15, 0.2) is 0 Å². The molecule has 2 N–H and O–H groups in total. The quantitative estimate of drug-likeness (QED) is 0.840. The predicted molar refractivity (Wildman–Crippen MR) is 75.2 cm³/mol. The van der Waals surface area contributed by atoms with E-state index < -0.39 is 10.0 Å².